The van der Waals surface area contributed by atoms with Crippen LogP contribution in [0, 0.1) is 6.92 Å². The topological polar surface area (TPSA) is 24.9 Å². The highest BCUT2D eigenvalue weighted by atomic mass is 32.1. The van der Waals surface area contributed by atoms with Crippen LogP contribution in [0.3, 0.4) is 0 Å². The summed E-state index contributed by atoms with van der Waals surface area (Å²) >= 11 is 1.68. The van der Waals surface area contributed by atoms with Crippen LogP contribution >= 0.6 is 11.3 Å². The molecule has 1 aromatic heterocycles. The lowest BCUT2D eigenvalue weighted by atomic mass is 9.76. The van der Waals surface area contributed by atoms with Gasteiger partial charge in [0.2, 0.25) is 0 Å². The molecule has 0 bridgehead atoms. The Bertz CT molecular complexity index is 469. The van der Waals surface area contributed by atoms with Gasteiger partial charge in [0.15, 0.2) is 5.13 Å². The summed E-state index contributed by atoms with van der Waals surface area (Å²) in [5, 5.41) is 6.54. The minimum absolute atomic E-state index is 0.604. The third-order valence-electron chi connectivity index (χ3n) is 3.45. The molecule has 0 saturated heterocycles. The first-order valence-corrected chi connectivity index (χ1v) is 6.92. The number of hydrogen-bond donors (Lipinski definition) is 1. The first kappa shape index (κ1) is 10.8. The molecular formula is C14H16N2S. The van der Waals surface area contributed by atoms with Gasteiger partial charge >= 0.3 is 0 Å². The maximum atomic E-state index is 4.25. The number of thiazole rings is 1. The van der Waals surface area contributed by atoms with Crippen LogP contribution in [0.15, 0.2) is 35.8 Å². The van der Waals surface area contributed by atoms with Gasteiger partial charge in [-0.2, -0.15) is 0 Å². The van der Waals surface area contributed by atoms with Crippen LogP contribution in [0.5, 0.6) is 0 Å². The van der Waals surface area contributed by atoms with E-state index in [1.54, 1.807) is 11.3 Å². The number of nitrogens with zero attached hydrogens (tertiary/aromatic N) is 1. The number of nitrogens with one attached hydrogen (secondary N) is 1. The minimum atomic E-state index is 0.604. The lowest BCUT2D eigenvalue weighted by molar-refractivity contribution is 0.374. The van der Waals surface area contributed by atoms with E-state index in [-0.39, 0.29) is 0 Å². The van der Waals surface area contributed by atoms with E-state index in [4.69, 9.17) is 0 Å². The average molecular weight is 244 g/mol. The van der Waals surface area contributed by atoms with Crippen molar-refractivity contribution in [3.8, 4) is 0 Å². The van der Waals surface area contributed by atoms with Gasteiger partial charge in [0.25, 0.3) is 0 Å². The molecule has 3 heteroatoms. The summed E-state index contributed by atoms with van der Waals surface area (Å²) in [5.41, 5.74) is 2.82. The Labute approximate surface area is 106 Å². The van der Waals surface area contributed by atoms with Gasteiger partial charge in [0.05, 0.1) is 0 Å². The van der Waals surface area contributed by atoms with Gasteiger partial charge in [-0.15, -0.1) is 11.3 Å². The van der Waals surface area contributed by atoms with E-state index in [1.165, 1.54) is 24.0 Å². The second-order valence-electron chi connectivity index (χ2n) is 4.76. The van der Waals surface area contributed by atoms with Crippen LogP contribution < -0.4 is 5.32 Å². The molecule has 0 unspecified atom stereocenters. The van der Waals surface area contributed by atoms with Gasteiger partial charge in [-0.05, 0) is 31.2 Å². The molecule has 0 spiro atoms. The van der Waals surface area contributed by atoms with Crippen LogP contribution in [-0.4, -0.2) is 11.0 Å². The van der Waals surface area contributed by atoms with Crippen molar-refractivity contribution in [3.05, 3.63) is 47.0 Å². The van der Waals surface area contributed by atoms with Crippen molar-refractivity contribution >= 4 is 16.5 Å². The summed E-state index contributed by atoms with van der Waals surface area (Å²) in [6, 6.07) is 9.54. The van der Waals surface area contributed by atoms with Crippen molar-refractivity contribution in [1.29, 1.82) is 0 Å². The molecule has 2 nitrogen and oxygen atoms in total. The molecule has 88 valence electrons. The highest BCUT2D eigenvalue weighted by molar-refractivity contribution is 7.13. The summed E-state index contributed by atoms with van der Waals surface area (Å²) in [4.78, 5) is 4.25. The van der Waals surface area contributed by atoms with E-state index in [9.17, 15) is 0 Å². The fourth-order valence-corrected chi connectivity index (χ4v) is 2.92. The third kappa shape index (κ3) is 2.34. The number of aryl methyl sites for hydroxylation is 1. The van der Waals surface area contributed by atoms with Crippen molar-refractivity contribution in [1.82, 2.24) is 4.98 Å². The van der Waals surface area contributed by atoms with Crippen LogP contribution in [-0.2, 0) is 0 Å². The molecule has 1 aliphatic rings. The minimum Gasteiger partial charge on any atom is -0.359 e. The molecule has 1 aromatic carbocycles. The van der Waals surface area contributed by atoms with Gasteiger partial charge in [0, 0.05) is 17.6 Å². The van der Waals surface area contributed by atoms with E-state index >= 15 is 0 Å². The molecule has 1 aliphatic carbocycles. The maximum Gasteiger partial charge on any atom is 0.182 e. The number of hydrogen-bond acceptors (Lipinski definition) is 3. The highest BCUT2D eigenvalue weighted by Crippen LogP contribution is 2.38. The van der Waals surface area contributed by atoms with Crippen molar-refractivity contribution in [2.45, 2.75) is 31.7 Å². The summed E-state index contributed by atoms with van der Waals surface area (Å²) < 4.78 is 0. The van der Waals surface area contributed by atoms with Gasteiger partial charge < -0.3 is 5.32 Å². The lowest BCUT2D eigenvalue weighted by Gasteiger charge is -2.36. The number of aromatic nitrogens is 1. The Morgan fingerprint density at radius 2 is 2.00 bits per heavy atom. The average Bonchev–Trinajstić information content (AvgIpc) is 2.77. The second-order valence-corrected chi connectivity index (χ2v) is 5.65. The number of benzene rings is 1. The molecule has 0 atom stereocenters. The molecule has 1 saturated carbocycles. The zero-order valence-electron chi connectivity index (χ0n) is 9.89. The van der Waals surface area contributed by atoms with Gasteiger partial charge in [-0.3, -0.25) is 0 Å². The Kier molecular flexibility index (Phi) is 2.85. The molecule has 2 aromatic rings. The van der Waals surface area contributed by atoms with E-state index in [0.717, 1.165) is 11.0 Å². The molecule has 0 amide bonds. The smallest absolute Gasteiger partial charge is 0.182 e. The van der Waals surface area contributed by atoms with Gasteiger partial charge in [-0.25, -0.2) is 4.98 Å². The maximum absolute atomic E-state index is 4.25. The standard InChI is InChI=1S/C14H16N2S/c1-10-2-4-11(5-3-10)12-8-13(9-12)16-14-15-6-7-17-14/h2-7,12-13H,8-9H2,1H3,(H,15,16). The molecular weight excluding hydrogens is 228 g/mol. The Balaban J connectivity index is 1.56. The number of rotatable bonds is 3. The summed E-state index contributed by atoms with van der Waals surface area (Å²) in [7, 11) is 0. The Morgan fingerprint density at radius 3 is 2.65 bits per heavy atom. The third-order valence-corrected chi connectivity index (χ3v) is 4.15. The van der Waals surface area contributed by atoms with E-state index < -0.39 is 0 Å². The Hall–Kier alpha value is -1.35. The van der Waals surface area contributed by atoms with Crippen LogP contribution in [0.2, 0.25) is 0 Å². The van der Waals surface area contributed by atoms with E-state index in [1.807, 2.05) is 11.6 Å². The van der Waals surface area contributed by atoms with E-state index in [0.29, 0.717) is 6.04 Å². The molecule has 17 heavy (non-hydrogen) atoms. The summed E-state index contributed by atoms with van der Waals surface area (Å²) in [5.74, 6) is 0.730. The molecule has 1 fully saturated rings. The second kappa shape index (κ2) is 4.49. The highest BCUT2D eigenvalue weighted by Gasteiger charge is 2.30. The molecule has 1 heterocycles. The Morgan fingerprint density at radius 1 is 1.24 bits per heavy atom. The quantitative estimate of drug-likeness (QED) is 0.888. The molecule has 0 aliphatic heterocycles. The van der Waals surface area contributed by atoms with Crippen LogP contribution in [0.4, 0.5) is 5.13 Å². The SMILES string of the molecule is Cc1ccc(C2CC(Nc3nccs3)C2)cc1. The zero-order valence-corrected chi connectivity index (χ0v) is 10.7. The zero-order chi connectivity index (χ0) is 11.7. The number of anilines is 1. The molecule has 0 radical (unpaired) electrons. The van der Waals surface area contributed by atoms with Crippen LogP contribution in [0.1, 0.15) is 29.9 Å². The lowest BCUT2D eigenvalue weighted by Crippen LogP contribution is -2.33. The van der Waals surface area contributed by atoms with Crippen molar-refractivity contribution < 1.29 is 0 Å². The first-order chi connectivity index (χ1) is 8.31. The van der Waals surface area contributed by atoms with Crippen LogP contribution in [0.25, 0.3) is 0 Å². The van der Waals surface area contributed by atoms with Crippen molar-refractivity contribution in [2.75, 3.05) is 5.32 Å². The largest absolute Gasteiger partial charge is 0.359 e. The van der Waals surface area contributed by atoms with Crippen molar-refractivity contribution in [3.63, 3.8) is 0 Å². The predicted molar refractivity (Wildman–Crippen MR) is 72.7 cm³/mol. The summed E-state index contributed by atoms with van der Waals surface area (Å²) in [6.07, 6.45) is 4.30. The first-order valence-electron chi connectivity index (χ1n) is 6.04. The predicted octanol–water partition coefficient (Wildman–Crippen LogP) is 3.81. The molecule has 3 rings (SSSR count). The van der Waals surface area contributed by atoms with E-state index in [2.05, 4.69) is 41.5 Å². The van der Waals surface area contributed by atoms with Gasteiger partial charge in [0.1, 0.15) is 0 Å². The van der Waals surface area contributed by atoms with Crippen molar-refractivity contribution in [2.24, 2.45) is 0 Å². The monoisotopic (exact) mass is 244 g/mol. The summed E-state index contributed by atoms with van der Waals surface area (Å²) in [6.45, 7) is 2.14. The molecule has 1 N–H and O–H groups in total. The fourth-order valence-electron chi connectivity index (χ4n) is 2.32. The van der Waals surface area contributed by atoms with Gasteiger partial charge in [-0.1, -0.05) is 29.8 Å². The normalized spacial score (nSPS) is 23.1. The fraction of sp³-hybridized carbons (Fsp3) is 0.357.